The van der Waals surface area contributed by atoms with Crippen LogP contribution in [0, 0.1) is 0 Å². The van der Waals surface area contributed by atoms with Crippen LogP contribution in [0.4, 0.5) is 11.4 Å². The van der Waals surface area contributed by atoms with Crippen LogP contribution in [0.25, 0.3) is 0 Å². The van der Waals surface area contributed by atoms with Gasteiger partial charge in [0.1, 0.15) is 0 Å². The molecule has 1 nitrogen and oxygen atoms in total. The van der Waals surface area contributed by atoms with Gasteiger partial charge < -0.3 is 5.32 Å². The second kappa shape index (κ2) is 4.69. The van der Waals surface area contributed by atoms with Crippen LogP contribution in [-0.4, -0.2) is 0 Å². The summed E-state index contributed by atoms with van der Waals surface area (Å²) in [5, 5.41) is 3.66. The molecule has 0 unspecified atom stereocenters. The molecule has 92 valence electrons. The number of aryl methyl sites for hydroxylation is 2. The van der Waals surface area contributed by atoms with Crippen molar-refractivity contribution < 1.29 is 0 Å². The van der Waals surface area contributed by atoms with E-state index in [2.05, 4.69) is 55.6 Å². The number of hydrogen-bond donors (Lipinski definition) is 1. The Morgan fingerprint density at radius 1 is 0.833 bits per heavy atom. The molecule has 0 aromatic heterocycles. The van der Waals surface area contributed by atoms with E-state index in [0.29, 0.717) is 0 Å². The molecule has 2 aromatic carbocycles. The first-order valence-electron chi connectivity index (χ1n) is 6.52. The zero-order valence-corrected chi connectivity index (χ0v) is 11.6. The van der Waals surface area contributed by atoms with Crippen molar-refractivity contribution in [2.45, 2.75) is 36.5 Å². The lowest BCUT2D eigenvalue weighted by molar-refractivity contribution is 1.09. The van der Waals surface area contributed by atoms with Crippen LogP contribution in [0.2, 0.25) is 0 Å². The molecule has 3 rings (SSSR count). The molecule has 0 saturated carbocycles. The summed E-state index contributed by atoms with van der Waals surface area (Å²) in [6.45, 7) is 4.42. The first-order chi connectivity index (χ1) is 8.83. The van der Waals surface area contributed by atoms with Gasteiger partial charge >= 0.3 is 0 Å². The van der Waals surface area contributed by atoms with Gasteiger partial charge in [0.25, 0.3) is 0 Å². The van der Waals surface area contributed by atoms with Crippen LogP contribution >= 0.6 is 11.8 Å². The van der Waals surface area contributed by atoms with Gasteiger partial charge in [0.05, 0.1) is 11.4 Å². The van der Waals surface area contributed by atoms with Crippen LogP contribution in [0.15, 0.2) is 46.2 Å². The third-order valence-corrected chi connectivity index (χ3v) is 4.58. The Balaban J connectivity index is 2.12. The van der Waals surface area contributed by atoms with E-state index >= 15 is 0 Å². The molecule has 2 heteroatoms. The molecular formula is C16H17NS. The van der Waals surface area contributed by atoms with E-state index in [1.165, 1.54) is 32.3 Å². The predicted molar refractivity (Wildman–Crippen MR) is 79.0 cm³/mol. The minimum absolute atomic E-state index is 1.07. The highest BCUT2D eigenvalue weighted by Crippen LogP contribution is 2.46. The summed E-state index contributed by atoms with van der Waals surface area (Å²) < 4.78 is 0. The highest BCUT2D eigenvalue weighted by Gasteiger charge is 2.19. The number of nitrogens with one attached hydrogen (secondary N) is 1. The number of hydrogen-bond acceptors (Lipinski definition) is 2. The lowest BCUT2D eigenvalue weighted by atomic mass is 10.1. The second-order valence-corrected chi connectivity index (χ2v) is 5.60. The van der Waals surface area contributed by atoms with Crippen LogP contribution in [0.1, 0.15) is 25.0 Å². The SMILES string of the molecule is CCc1cccc2c1Nc1c(CC)cccc1S2. The van der Waals surface area contributed by atoms with Gasteiger partial charge in [-0.1, -0.05) is 49.9 Å². The number of benzene rings is 2. The lowest BCUT2D eigenvalue weighted by Crippen LogP contribution is -2.05. The van der Waals surface area contributed by atoms with E-state index < -0.39 is 0 Å². The molecule has 0 saturated heterocycles. The predicted octanol–water partition coefficient (Wildman–Crippen LogP) is 5.02. The highest BCUT2D eigenvalue weighted by molar-refractivity contribution is 7.99. The second-order valence-electron chi connectivity index (χ2n) is 4.51. The normalized spacial score (nSPS) is 12.6. The lowest BCUT2D eigenvalue weighted by Gasteiger charge is -2.25. The van der Waals surface area contributed by atoms with E-state index in [0.717, 1.165) is 12.8 Å². The van der Waals surface area contributed by atoms with Crippen molar-refractivity contribution in [2.24, 2.45) is 0 Å². The summed E-state index contributed by atoms with van der Waals surface area (Å²) in [6, 6.07) is 13.1. The van der Waals surface area contributed by atoms with E-state index in [4.69, 9.17) is 0 Å². The maximum atomic E-state index is 3.66. The van der Waals surface area contributed by atoms with Gasteiger partial charge in [0.15, 0.2) is 0 Å². The minimum atomic E-state index is 1.07. The Morgan fingerprint density at radius 3 is 1.78 bits per heavy atom. The first-order valence-corrected chi connectivity index (χ1v) is 7.33. The van der Waals surface area contributed by atoms with E-state index in [-0.39, 0.29) is 0 Å². The summed E-state index contributed by atoms with van der Waals surface area (Å²) in [5.41, 5.74) is 5.41. The van der Waals surface area contributed by atoms with Crippen molar-refractivity contribution in [1.82, 2.24) is 0 Å². The van der Waals surface area contributed by atoms with E-state index in [1.54, 1.807) is 0 Å². The first kappa shape index (κ1) is 11.7. The standard InChI is InChI=1S/C16H17NS/c1-3-11-7-5-9-13-15(11)17-16-12(4-2)8-6-10-14(16)18-13/h5-10,17H,3-4H2,1-2H3. The van der Waals surface area contributed by atoms with Gasteiger partial charge in [-0.25, -0.2) is 0 Å². The van der Waals surface area contributed by atoms with Crippen molar-refractivity contribution in [2.75, 3.05) is 5.32 Å². The summed E-state index contributed by atoms with van der Waals surface area (Å²) in [5.74, 6) is 0. The van der Waals surface area contributed by atoms with Crippen molar-refractivity contribution in [3.63, 3.8) is 0 Å². The summed E-state index contributed by atoms with van der Waals surface area (Å²) >= 11 is 1.88. The molecule has 1 heterocycles. The van der Waals surface area contributed by atoms with Crippen LogP contribution in [-0.2, 0) is 12.8 Å². The third kappa shape index (κ3) is 1.81. The average molecular weight is 255 g/mol. The molecule has 0 atom stereocenters. The van der Waals surface area contributed by atoms with Crippen molar-refractivity contribution >= 4 is 23.1 Å². The van der Waals surface area contributed by atoms with Crippen molar-refractivity contribution in [3.05, 3.63) is 47.5 Å². The average Bonchev–Trinajstić information content (AvgIpc) is 2.43. The fourth-order valence-corrected chi connectivity index (χ4v) is 3.54. The molecular weight excluding hydrogens is 238 g/mol. The van der Waals surface area contributed by atoms with Gasteiger partial charge in [0.2, 0.25) is 0 Å². The van der Waals surface area contributed by atoms with Gasteiger partial charge in [0, 0.05) is 9.79 Å². The maximum absolute atomic E-state index is 3.66. The topological polar surface area (TPSA) is 12.0 Å². The molecule has 1 N–H and O–H groups in total. The Morgan fingerprint density at radius 2 is 1.33 bits per heavy atom. The Kier molecular flexibility index (Phi) is 3.04. The zero-order valence-electron chi connectivity index (χ0n) is 10.8. The Bertz CT molecular complexity index is 538. The molecule has 0 radical (unpaired) electrons. The van der Waals surface area contributed by atoms with Gasteiger partial charge in [-0.15, -0.1) is 0 Å². The van der Waals surface area contributed by atoms with Crippen molar-refractivity contribution in [1.29, 1.82) is 0 Å². The van der Waals surface area contributed by atoms with Crippen LogP contribution in [0.5, 0.6) is 0 Å². The molecule has 2 aromatic rings. The summed E-state index contributed by atoms with van der Waals surface area (Å²) in [7, 11) is 0. The fourth-order valence-electron chi connectivity index (χ4n) is 2.44. The van der Waals surface area contributed by atoms with Crippen LogP contribution in [0.3, 0.4) is 0 Å². The molecule has 18 heavy (non-hydrogen) atoms. The van der Waals surface area contributed by atoms with E-state index in [1.807, 2.05) is 11.8 Å². The Hall–Kier alpha value is -1.41. The van der Waals surface area contributed by atoms with Gasteiger partial charge in [-0.3, -0.25) is 0 Å². The quantitative estimate of drug-likeness (QED) is 0.690. The Labute approximate surface area is 113 Å². The molecule has 1 aliphatic rings. The molecule has 0 bridgehead atoms. The molecule has 0 spiro atoms. The van der Waals surface area contributed by atoms with E-state index in [9.17, 15) is 0 Å². The summed E-state index contributed by atoms with van der Waals surface area (Å²) in [6.07, 6.45) is 2.14. The molecule has 0 amide bonds. The van der Waals surface area contributed by atoms with Gasteiger partial charge in [-0.2, -0.15) is 0 Å². The largest absolute Gasteiger partial charge is 0.353 e. The van der Waals surface area contributed by atoms with Gasteiger partial charge in [-0.05, 0) is 36.1 Å². The summed E-state index contributed by atoms with van der Waals surface area (Å²) in [4.78, 5) is 2.69. The monoisotopic (exact) mass is 255 g/mol. The third-order valence-electron chi connectivity index (χ3n) is 3.46. The highest BCUT2D eigenvalue weighted by atomic mass is 32.2. The number of fused-ring (bicyclic) bond motifs is 2. The molecule has 0 aliphatic carbocycles. The van der Waals surface area contributed by atoms with Crippen molar-refractivity contribution in [3.8, 4) is 0 Å². The maximum Gasteiger partial charge on any atom is 0.0558 e. The number of para-hydroxylation sites is 2. The molecule has 1 aliphatic heterocycles. The fraction of sp³-hybridized carbons (Fsp3) is 0.250. The number of rotatable bonds is 2. The zero-order chi connectivity index (χ0) is 12.5. The minimum Gasteiger partial charge on any atom is -0.353 e. The smallest absolute Gasteiger partial charge is 0.0558 e. The van der Waals surface area contributed by atoms with Crippen LogP contribution < -0.4 is 5.32 Å². The molecule has 0 fully saturated rings. The number of anilines is 2.